The molecular formula is C27H19FNOP. The zero-order valence-electron chi connectivity index (χ0n) is 16.7. The quantitative estimate of drug-likeness (QED) is 0.348. The van der Waals surface area contributed by atoms with Crippen LogP contribution in [0.2, 0.25) is 0 Å². The zero-order valence-corrected chi connectivity index (χ0v) is 17.5. The van der Waals surface area contributed by atoms with Crippen molar-refractivity contribution < 1.29 is 8.96 Å². The van der Waals surface area contributed by atoms with Crippen LogP contribution in [0.4, 0.5) is 4.39 Å². The summed E-state index contributed by atoms with van der Waals surface area (Å²) < 4.78 is 29.1. The lowest BCUT2D eigenvalue weighted by molar-refractivity contribution is 0.592. The number of aromatic nitrogens is 1. The minimum absolute atomic E-state index is 0.335. The van der Waals surface area contributed by atoms with Crippen LogP contribution in [0.5, 0.6) is 0 Å². The third kappa shape index (κ3) is 3.48. The van der Waals surface area contributed by atoms with E-state index in [4.69, 9.17) is 4.98 Å². The molecule has 2 nitrogen and oxygen atoms in total. The minimum atomic E-state index is -3.32. The van der Waals surface area contributed by atoms with Crippen molar-refractivity contribution in [3.05, 3.63) is 121 Å². The number of benzene rings is 4. The van der Waals surface area contributed by atoms with E-state index in [1.54, 1.807) is 6.07 Å². The van der Waals surface area contributed by atoms with Crippen molar-refractivity contribution in [2.75, 3.05) is 0 Å². The topological polar surface area (TPSA) is 30.0 Å². The first-order valence-electron chi connectivity index (χ1n) is 10.0. The number of fused-ring (bicyclic) bond motifs is 1. The van der Waals surface area contributed by atoms with E-state index >= 15 is 0 Å². The van der Waals surface area contributed by atoms with Crippen molar-refractivity contribution in [2.45, 2.75) is 0 Å². The molecule has 0 saturated carbocycles. The van der Waals surface area contributed by atoms with E-state index in [2.05, 4.69) is 0 Å². The molecule has 5 rings (SSSR count). The van der Waals surface area contributed by atoms with Gasteiger partial charge in [-0.15, -0.1) is 0 Å². The maximum atomic E-state index is 14.9. The van der Waals surface area contributed by atoms with Gasteiger partial charge in [0.25, 0.3) is 0 Å². The summed E-state index contributed by atoms with van der Waals surface area (Å²) in [5, 5.41) is 2.77. The van der Waals surface area contributed by atoms with Gasteiger partial charge in [-0.25, -0.2) is 9.37 Å². The molecule has 31 heavy (non-hydrogen) atoms. The van der Waals surface area contributed by atoms with Crippen molar-refractivity contribution in [1.82, 2.24) is 4.98 Å². The van der Waals surface area contributed by atoms with Crippen molar-refractivity contribution in [1.29, 1.82) is 0 Å². The molecule has 0 saturated heterocycles. The van der Waals surface area contributed by atoms with Gasteiger partial charge in [0.05, 0.1) is 5.69 Å². The van der Waals surface area contributed by atoms with Gasteiger partial charge in [-0.2, -0.15) is 0 Å². The fourth-order valence-corrected chi connectivity index (χ4v) is 6.64. The lowest BCUT2D eigenvalue weighted by Crippen LogP contribution is -2.28. The average molecular weight is 423 g/mol. The molecule has 0 aliphatic rings. The van der Waals surface area contributed by atoms with E-state index in [0.29, 0.717) is 32.5 Å². The van der Waals surface area contributed by atoms with Gasteiger partial charge in [0.2, 0.25) is 0 Å². The fraction of sp³-hybridized carbons (Fsp3) is 0. The smallest absolute Gasteiger partial charge is 0.189 e. The van der Waals surface area contributed by atoms with Gasteiger partial charge < -0.3 is 4.57 Å². The largest absolute Gasteiger partial charge is 0.307 e. The molecule has 5 aromatic rings. The van der Waals surface area contributed by atoms with Crippen molar-refractivity contribution in [3.63, 3.8) is 0 Å². The van der Waals surface area contributed by atoms with E-state index in [9.17, 15) is 8.96 Å². The summed E-state index contributed by atoms with van der Waals surface area (Å²) in [6.07, 6.45) is 0. The normalized spacial score (nSPS) is 11.5. The molecule has 0 spiro atoms. The maximum absolute atomic E-state index is 14.9. The van der Waals surface area contributed by atoms with Crippen LogP contribution in [0.15, 0.2) is 115 Å². The highest BCUT2D eigenvalue weighted by molar-refractivity contribution is 7.85. The first-order valence-corrected chi connectivity index (χ1v) is 11.7. The van der Waals surface area contributed by atoms with Gasteiger partial charge in [-0.05, 0) is 29.7 Å². The van der Waals surface area contributed by atoms with E-state index in [-0.39, 0.29) is 5.82 Å². The Morgan fingerprint density at radius 1 is 0.645 bits per heavy atom. The molecule has 0 unspecified atom stereocenters. The fourth-order valence-electron chi connectivity index (χ4n) is 3.88. The number of rotatable bonds is 4. The summed E-state index contributed by atoms with van der Waals surface area (Å²) in [6.45, 7) is 0. The Morgan fingerprint density at radius 3 is 1.77 bits per heavy atom. The van der Waals surface area contributed by atoms with Crippen molar-refractivity contribution in [2.24, 2.45) is 0 Å². The van der Waals surface area contributed by atoms with Gasteiger partial charge in [0.1, 0.15) is 11.3 Å². The van der Waals surface area contributed by atoms with Gasteiger partial charge in [0, 0.05) is 21.6 Å². The zero-order chi connectivity index (χ0) is 21.3. The molecule has 0 N–H and O–H groups in total. The molecule has 0 aliphatic carbocycles. The van der Waals surface area contributed by atoms with E-state index in [1.165, 1.54) is 12.1 Å². The molecule has 0 radical (unpaired) electrons. The molecule has 0 aliphatic heterocycles. The predicted molar refractivity (Wildman–Crippen MR) is 127 cm³/mol. The summed E-state index contributed by atoms with van der Waals surface area (Å²) in [5.41, 5.74) is 2.03. The Labute approximate surface area is 180 Å². The number of hydrogen-bond acceptors (Lipinski definition) is 2. The Hall–Kier alpha value is -3.55. The van der Waals surface area contributed by atoms with Crippen LogP contribution in [0, 0.1) is 5.82 Å². The summed E-state index contributed by atoms with van der Waals surface area (Å²) in [5.74, 6) is -0.335. The Kier molecular flexibility index (Phi) is 4.97. The molecule has 0 bridgehead atoms. The molecule has 0 amide bonds. The molecule has 1 heterocycles. The van der Waals surface area contributed by atoms with Crippen molar-refractivity contribution >= 4 is 34.0 Å². The highest BCUT2D eigenvalue weighted by Gasteiger charge is 2.33. The van der Waals surface area contributed by atoms with E-state index in [0.717, 1.165) is 5.56 Å². The molecule has 4 aromatic carbocycles. The van der Waals surface area contributed by atoms with Crippen LogP contribution in [0.1, 0.15) is 0 Å². The van der Waals surface area contributed by atoms with Gasteiger partial charge >= 0.3 is 0 Å². The Bertz CT molecular complexity index is 1360. The Balaban J connectivity index is 1.90. The van der Waals surface area contributed by atoms with Crippen LogP contribution in [-0.2, 0) is 4.57 Å². The second-order valence-electron chi connectivity index (χ2n) is 7.34. The number of halogens is 1. The highest BCUT2D eigenvalue weighted by atomic mass is 31.2. The number of nitrogens with zero attached hydrogens (tertiary/aromatic N) is 1. The first kappa shape index (κ1) is 19.4. The minimum Gasteiger partial charge on any atom is -0.307 e. The van der Waals surface area contributed by atoms with Crippen LogP contribution < -0.4 is 16.0 Å². The molecule has 150 valence electrons. The van der Waals surface area contributed by atoms with Crippen LogP contribution in [0.3, 0.4) is 0 Å². The molecule has 0 fully saturated rings. The average Bonchev–Trinajstić information content (AvgIpc) is 2.84. The lowest BCUT2D eigenvalue weighted by atomic mass is 10.1. The monoisotopic (exact) mass is 423 g/mol. The Morgan fingerprint density at radius 2 is 1.19 bits per heavy atom. The number of pyridine rings is 1. The standard InChI is InChI=1S/C27H19FNOP/c28-22-16-17-25-21(18-22)19-26(20-10-4-1-5-11-20)29-27(25)31(30,23-12-6-2-7-13-23)24-14-8-3-9-15-24/h1-19H. The third-order valence-electron chi connectivity index (χ3n) is 5.38. The van der Waals surface area contributed by atoms with Gasteiger partial charge in [-0.1, -0.05) is 91.0 Å². The van der Waals surface area contributed by atoms with Gasteiger partial charge in [-0.3, -0.25) is 0 Å². The van der Waals surface area contributed by atoms with Crippen LogP contribution >= 0.6 is 7.14 Å². The summed E-state index contributed by atoms with van der Waals surface area (Å²) in [6, 6.07) is 35.0. The summed E-state index contributed by atoms with van der Waals surface area (Å²) >= 11 is 0. The molecular weight excluding hydrogens is 404 g/mol. The predicted octanol–water partition coefficient (Wildman–Crippen LogP) is 5.68. The molecule has 4 heteroatoms. The first-order chi connectivity index (χ1) is 15.2. The van der Waals surface area contributed by atoms with Crippen LogP contribution in [-0.4, -0.2) is 4.98 Å². The second-order valence-corrected chi connectivity index (χ2v) is 10.0. The molecule has 0 atom stereocenters. The second kappa shape index (κ2) is 7.94. The number of hydrogen-bond donors (Lipinski definition) is 0. The van der Waals surface area contributed by atoms with Gasteiger partial charge in [0.15, 0.2) is 7.14 Å². The lowest BCUT2D eigenvalue weighted by Gasteiger charge is -2.21. The van der Waals surface area contributed by atoms with E-state index in [1.807, 2.05) is 97.1 Å². The third-order valence-corrected chi connectivity index (χ3v) is 8.37. The van der Waals surface area contributed by atoms with Crippen molar-refractivity contribution in [3.8, 4) is 11.3 Å². The van der Waals surface area contributed by atoms with E-state index < -0.39 is 7.14 Å². The summed E-state index contributed by atoms with van der Waals surface area (Å²) in [7, 11) is -3.32. The highest BCUT2D eigenvalue weighted by Crippen LogP contribution is 2.44. The maximum Gasteiger partial charge on any atom is 0.189 e. The van der Waals surface area contributed by atoms with Crippen LogP contribution in [0.25, 0.3) is 22.0 Å². The molecule has 1 aromatic heterocycles. The SMILES string of the molecule is O=P(c1ccccc1)(c1ccccc1)c1nc(-c2ccccc2)cc2cc(F)ccc12. The summed E-state index contributed by atoms with van der Waals surface area (Å²) in [4.78, 5) is 4.94.